The molecule has 0 saturated carbocycles. The van der Waals surface area contributed by atoms with E-state index < -0.39 is 24.3 Å². The maximum absolute atomic E-state index is 11.1. The molecule has 0 aliphatic heterocycles. The number of aliphatic carboxylic acids is 2. The molecule has 0 radical (unpaired) electrons. The maximum atomic E-state index is 11.1. The lowest BCUT2D eigenvalue weighted by molar-refractivity contribution is -0.145. The van der Waals surface area contributed by atoms with Crippen molar-refractivity contribution in [3.63, 3.8) is 0 Å². The molecule has 0 aliphatic rings. The Labute approximate surface area is 103 Å². The van der Waals surface area contributed by atoms with E-state index in [4.69, 9.17) is 10.2 Å². The van der Waals surface area contributed by atoms with Crippen LogP contribution in [-0.4, -0.2) is 22.2 Å². The van der Waals surface area contributed by atoms with Crippen molar-refractivity contribution in [1.82, 2.24) is 0 Å². The predicted molar refractivity (Wildman–Crippen MR) is 66.6 cm³/mol. The number of carboxylic acids is 2. The first-order chi connectivity index (χ1) is 8.58. The zero-order chi connectivity index (χ0) is 13.1. The number of rotatable bonds is 4. The quantitative estimate of drug-likeness (QED) is 0.866. The largest absolute Gasteiger partial charge is 0.481 e. The zero-order valence-electron chi connectivity index (χ0n) is 9.54. The van der Waals surface area contributed by atoms with Crippen molar-refractivity contribution in [1.29, 1.82) is 0 Å². The molecule has 0 aliphatic carbocycles. The molecule has 2 N–H and O–H groups in total. The second kappa shape index (κ2) is 4.87. The van der Waals surface area contributed by atoms with Crippen molar-refractivity contribution in [2.45, 2.75) is 12.3 Å². The number of benzene rings is 2. The van der Waals surface area contributed by atoms with Gasteiger partial charge in [0.2, 0.25) is 0 Å². The highest BCUT2D eigenvalue weighted by Gasteiger charge is 2.23. The summed E-state index contributed by atoms with van der Waals surface area (Å²) in [4.78, 5) is 21.8. The predicted octanol–water partition coefficient (Wildman–Crippen LogP) is 2.48. The highest BCUT2D eigenvalue weighted by molar-refractivity contribution is 5.87. The fraction of sp³-hybridized carbons (Fsp3) is 0.143. The van der Waals surface area contributed by atoms with Crippen molar-refractivity contribution in [2.24, 2.45) is 0 Å². The van der Waals surface area contributed by atoms with Crippen molar-refractivity contribution < 1.29 is 19.8 Å². The van der Waals surface area contributed by atoms with Gasteiger partial charge in [0.25, 0.3) is 0 Å². The van der Waals surface area contributed by atoms with Crippen LogP contribution < -0.4 is 0 Å². The van der Waals surface area contributed by atoms with Crippen LogP contribution in [0, 0.1) is 0 Å². The van der Waals surface area contributed by atoms with Gasteiger partial charge in [-0.05, 0) is 16.3 Å². The average Bonchev–Trinajstić information content (AvgIpc) is 2.35. The molecule has 0 unspecified atom stereocenters. The maximum Gasteiger partial charge on any atom is 0.311 e. The van der Waals surface area contributed by atoms with Gasteiger partial charge in [0.05, 0.1) is 12.3 Å². The summed E-state index contributed by atoms with van der Waals surface area (Å²) in [6, 6.07) is 12.8. The Morgan fingerprint density at radius 3 is 2.28 bits per heavy atom. The summed E-state index contributed by atoms with van der Waals surface area (Å²) in [5, 5.41) is 19.7. The van der Waals surface area contributed by atoms with Crippen LogP contribution in [0.2, 0.25) is 0 Å². The molecule has 92 valence electrons. The fourth-order valence-corrected chi connectivity index (χ4v) is 1.95. The highest BCUT2D eigenvalue weighted by atomic mass is 16.4. The van der Waals surface area contributed by atoms with Gasteiger partial charge in [-0.25, -0.2) is 0 Å². The minimum Gasteiger partial charge on any atom is -0.481 e. The van der Waals surface area contributed by atoms with Gasteiger partial charge in [-0.3, -0.25) is 9.59 Å². The molecule has 2 rings (SSSR count). The minimum absolute atomic E-state index is 0.409. The second-order valence-corrected chi connectivity index (χ2v) is 4.10. The number of hydrogen-bond donors (Lipinski definition) is 2. The molecule has 18 heavy (non-hydrogen) atoms. The van der Waals surface area contributed by atoms with Crippen LogP contribution in [0.25, 0.3) is 10.8 Å². The van der Waals surface area contributed by atoms with Crippen molar-refractivity contribution in [3.8, 4) is 0 Å². The van der Waals surface area contributed by atoms with Gasteiger partial charge in [-0.1, -0.05) is 42.5 Å². The third-order valence-corrected chi connectivity index (χ3v) is 2.85. The monoisotopic (exact) mass is 244 g/mol. The first-order valence-electron chi connectivity index (χ1n) is 5.51. The van der Waals surface area contributed by atoms with Crippen molar-refractivity contribution in [3.05, 3.63) is 48.0 Å². The molecule has 4 heteroatoms. The first-order valence-corrected chi connectivity index (χ1v) is 5.51. The Kier molecular flexibility index (Phi) is 3.28. The summed E-state index contributed by atoms with van der Waals surface area (Å²) in [6.07, 6.45) is -0.409. The van der Waals surface area contributed by atoms with E-state index in [-0.39, 0.29) is 0 Å². The van der Waals surface area contributed by atoms with Gasteiger partial charge < -0.3 is 10.2 Å². The summed E-state index contributed by atoms with van der Waals surface area (Å²) in [5.41, 5.74) is 0.517. The molecule has 0 fully saturated rings. The van der Waals surface area contributed by atoms with E-state index in [2.05, 4.69) is 0 Å². The van der Waals surface area contributed by atoms with Crippen LogP contribution in [0.3, 0.4) is 0 Å². The molecule has 0 bridgehead atoms. The molecule has 0 spiro atoms. The van der Waals surface area contributed by atoms with E-state index in [0.717, 1.165) is 10.8 Å². The van der Waals surface area contributed by atoms with Gasteiger partial charge in [-0.15, -0.1) is 0 Å². The summed E-state index contributed by atoms with van der Waals surface area (Å²) in [6.45, 7) is 0. The number of hydrogen-bond acceptors (Lipinski definition) is 2. The lowest BCUT2D eigenvalue weighted by Gasteiger charge is -2.11. The topological polar surface area (TPSA) is 74.6 Å². The Hall–Kier alpha value is -2.36. The Balaban J connectivity index is 2.44. The van der Waals surface area contributed by atoms with Crippen LogP contribution in [0.4, 0.5) is 0 Å². The second-order valence-electron chi connectivity index (χ2n) is 4.10. The van der Waals surface area contributed by atoms with Crippen molar-refractivity contribution in [2.75, 3.05) is 0 Å². The lowest BCUT2D eigenvalue weighted by Crippen LogP contribution is -2.15. The summed E-state index contributed by atoms with van der Waals surface area (Å²) < 4.78 is 0. The van der Waals surface area contributed by atoms with Crippen LogP contribution in [0.5, 0.6) is 0 Å². The molecule has 0 amide bonds. The molecule has 0 saturated heterocycles. The lowest BCUT2D eigenvalue weighted by atomic mass is 9.94. The zero-order valence-corrected chi connectivity index (χ0v) is 9.54. The van der Waals surface area contributed by atoms with Crippen LogP contribution in [-0.2, 0) is 9.59 Å². The smallest absolute Gasteiger partial charge is 0.311 e. The van der Waals surface area contributed by atoms with E-state index >= 15 is 0 Å². The molecular formula is C14H12O4. The molecule has 1 atom stereocenters. The summed E-state index contributed by atoms with van der Waals surface area (Å²) >= 11 is 0. The van der Waals surface area contributed by atoms with E-state index in [1.54, 1.807) is 12.1 Å². The number of carbonyl (C=O) groups is 2. The van der Waals surface area contributed by atoms with Crippen molar-refractivity contribution >= 4 is 22.7 Å². The number of fused-ring (bicyclic) bond motifs is 1. The van der Waals surface area contributed by atoms with Gasteiger partial charge >= 0.3 is 11.9 Å². The van der Waals surface area contributed by atoms with Crippen LogP contribution in [0.15, 0.2) is 42.5 Å². The average molecular weight is 244 g/mol. The first kappa shape index (κ1) is 12.1. The van der Waals surface area contributed by atoms with E-state index in [1.807, 2.05) is 30.3 Å². The minimum atomic E-state index is -1.12. The normalized spacial score (nSPS) is 12.2. The van der Waals surface area contributed by atoms with Gasteiger partial charge in [0.15, 0.2) is 0 Å². The third-order valence-electron chi connectivity index (χ3n) is 2.85. The fourth-order valence-electron chi connectivity index (χ4n) is 1.95. The van der Waals surface area contributed by atoms with Gasteiger partial charge in [0.1, 0.15) is 0 Å². The molecule has 0 aromatic heterocycles. The van der Waals surface area contributed by atoms with E-state index in [1.165, 1.54) is 0 Å². The summed E-state index contributed by atoms with van der Waals surface area (Å²) in [7, 11) is 0. The Morgan fingerprint density at radius 1 is 1.00 bits per heavy atom. The number of carboxylic acid groups (broad SMARTS) is 2. The van der Waals surface area contributed by atoms with Gasteiger partial charge in [0, 0.05) is 0 Å². The molecule has 2 aromatic carbocycles. The van der Waals surface area contributed by atoms with Crippen LogP contribution in [0.1, 0.15) is 17.9 Å². The standard InChI is InChI=1S/C14H12O4/c15-13(16)8-12(14(17)18)11-6-5-9-3-1-2-4-10(9)7-11/h1-7,12H,8H2,(H,15,16)(H,17,18)/t12-/m1/s1. The Morgan fingerprint density at radius 2 is 1.67 bits per heavy atom. The van der Waals surface area contributed by atoms with Crippen LogP contribution >= 0.6 is 0 Å². The molecular weight excluding hydrogens is 232 g/mol. The molecule has 0 heterocycles. The third kappa shape index (κ3) is 2.48. The highest BCUT2D eigenvalue weighted by Crippen LogP contribution is 2.24. The van der Waals surface area contributed by atoms with E-state index in [0.29, 0.717) is 5.56 Å². The SMILES string of the molecule is O=C(O)C[C@@H](C(=O)O)c1ccc2ccccc2c1. The Bertz CT molecular complexity index is 604. The molecule has 2 aromatic rings. The van der Waals surface area contributed by atoms with E-state index in [9.17, 15) is 9.59 Å². The van der Waals surface area contributed by atoms with Gasteiger partial charge in [-0.2, -0.15) is 0 Å². The summed E-state index contributed by atoms with van der Waals surface area (Å²) in [5.74, 6) is -3.24. The molecule has 4 nitrogen and oxygen atoms in total.